The number of methoxy groups -OCH3 is 2. The fourth-order valence-electron chi connectivity index (χ4n) is 6.62. The number of nitrogens with zero attached hydrogens (tertiary/aromatic N) is 2. The largest absolute Gasteiger partial charge is 0.377 e. The Kier molecular flexibility index (Phi) is 9.56. The molecule has 0 aliphatic carbocycles. The highest BCUT2D eigenvalue weighted by Gasteiger charge is 2.23. The maximum Gasteiger partial charge on any atom is 0.0816 e. The molecule has 0 saturated heterocycles. The predicted octanol–water partition coefficient (Wildman–Crippen LogP) is 7.69. The standard InChI is InChI=1S/C36H48N6O2/c1-19-25(11-9-13-37)31-18-32-26(12-10-14-38)20(2)28(40-32)16-33-36(24(6)44-8)22(4)30(42-33)17-34-35(23(5)43-7)21(3)29(41-34)15-27(19)39-31/h15-18,23-24,41-42H,9-14,37-38H2,1-8H3. The van der Waals surface area contributed by atoms with Crippen LogP contribution in [-0.2, 0) is 9.47 Å². The molecule has 2 aliphatic heterocycles. The lowest BCUT2D eigenvalue weighted by Gasteiger charge is -2.10. The number of allylic oxidation sites excluding steroid dienone is 4. The van der Waals surface area contributed by atoms with Crippen LogP contribution in [-0.4, -0.2) is 47.2 Å². The summed E-state index contributed by atoms with van der Waals surface area (Å²) >= 11 is 0. The third-order valence-electron chi connectivity index (χ3n) is 9.42. The lowest BCUT2D eigenvalue weighted by Crippen LogP contribution is -1.99. The first-order valence-corrected chi connectivity index (χ1v) is 15.7. The molecule has 0 amide bonds. The molecule has 2 aliphatic rings. The Labute approximate surface area is 261 Å². The minimum absolute atomic E-state index is 0.0978. The van der Waals surface area contributed by atoms with Crippen LogP contribution in [0.15, 0.2) is 24.3 Å². The van der Waals surface area contributed by atoms with Gasteiger partial charge in [0.2, 0.25) is 0 Å². The molecule has 6 N–H and O–H groups in total. The number of hydrogen-bond acceptors (Lipinski definition) is 6. The van der Waals surface area contributed by atoms with Crippen LogP contribution in [0.3, 0.4) is 0 Å². The van der Waals surface area contributed by atoms with E-state index < -0.39 is 0 Å². The number of hydrogen-bond donors (Lipinski definition) is 4. The highest BCUT2D eigenvalue weighted by atomic mass is 16.5. The molecule has 44 heavy (non-hydrogen) atoms. The van der Waals surface area contributed by atoms with Gasteiger partial charge in [-0.15, -0.1) is 0 Å². The molecule has 0 fully saturated rings. The zero-order valence-electron chi connectivity index (χ0n) is 27.6. The number of ether oxygens (including phenoxy) is 2. The molecule has 3 aromatic heterocycles. The van der Waals surface area contributed by atoms with Crippen LogP contribution in [0.2, 0.25) is 0 Å². The zero-order chi connectivity index (χ0) is 31.7. The number of nitrogens with one attached hydrogen (secondary N) is 2. The van der Waals surface area contributed by atoms with E-state index in [1.165, 1.54) is 22.3 Å². The van der Waals surface area contributed by atoms with E-state index in [-0.39, 0.29) is 12.2 Å². The van der Waals surface area contributed by atoms with Crippen molar-refractivity contribution >= 4 is 44.4 Å². The van der Waals surface area contributed by atoms with Crippen LogP contribution in [0.1, 0.15) is 111 Å². The fraction of sp³-hybridized carbons (Fsp3) is 0.444. The van der Waals surface area contributed by atoms with Gasteiger partial charge in [-0.3, -0.25) is 0 Å². The number of fused-ring (bicyclic) bond motifs is 8. The minimum Gasteiger partial charge on any atom is -0.377 e. The second-order valence-electron chi connectivity index (χ2n) is 12.1. The average Bonchev–Trinajstić information content (AvgIpc) is 3.67. The number of aromatic amines is 2. The van der Waals surface area contributed by atoms with Gasteiger partial charge in [0, 0.05) is 47.4 Å². The molecule has 3 aromatic rings. The van der Waals surface area contributed by atoms with Crippen LogP contribution in [0.25, 0.3) is 44.4 Å². The number of rotatable bonds is 10. The Morgan fingerprint density at radius 2 is 1.02 bits per heavy atom. The summed E-state index contributed by atoms with van der Waals surface area (Å²) in [7, 11) is 3.51. The summed E-state index contributed by atoms with van der Waals surface area (Å²) in [5.41, 5.74) is 29.1. The first-order valence-electron chi connectivity index (χ1n) is 15.7. The zero-order valence-corrected chi connectivity index (χ0v) is 27.6. The number of aromatic nitrogens is 4. The van der Waals surface area contributed by atoms with Gasteiger partial charge in [-0.2, -0.15) is 0 Å². The SMILES string of the molecule is COC(C)c1c(C)c2cc3[nH]c(cc4nc(cc5nc(cc1[nH]2)C(C)=C5CCCN)C(CCCN)=C4C)c(C)c3C(C)OC. The third-order valence-corrected chi connectivity index (χ3v) is 9.42. The van der Waals surface area contributed by atoms with Crippen LogP contribution >= 0.6 is 0 Å². The van der Waals surface area contributed by atoms with Gasteiger partial charge in [0.15, 0.2) is 0 Å². The monoisotopic (exact) mass is 596 g/mol. The van der Waals surface area contributed by atoms with Crippen molar-refractivity contribution in [3.63, 3.8) is 0 Å². The van der Waals surface area contributed by atoms with Gasteiger partial charge in [-0.05, 0) is 138 Å². The molecule has 5 heterocycles. The van der Waals surface area contributed by atoms with Crippen molar-refractivity contribution < 1.29 is 9.47 Å². The van der Waals surface area contributed by atoms with Gasteiger partial charge < -0.3 is 30.9 Å². The first kappa shape index (κ1) is 31.9. The summed E-state index contributed by atoms with van der Waals surface area (Å²) in [4.78, 5) is 17.9. The van der Waals surface area contributed by atoms with E-state index >= 15 is 0 Å². The van der Waals surface area contributed by atoms with Crippen molar-refractivity contribution in [2.24, 2.45) is 11.5 Å². The van der Waals surface area contributed by atoms with E-state index in [0.29, 0.717) is 13.1 Å². The molecular weight excluding hydrogens is 548 g/mol. The molecule has 8 heteroatoms. The Hall–Kier alpha value is -3.56. The second kappa shape index (κ2) is 13.2. The molecule has 2 atom stereocenters. The first-order chi connectivity index (χ1) is 21.1. The summed E-state index contributed by atoms with van der Waals surface area (Å²) in [6.45, 7) is 14.1. The third kappa shape index (κ3) is 5.79. The smallest absolute Gasteiger partial charge is 0.0816 e. The highest BCUT2D eigenvalue weighted by Crippen LogP contribution is 2.39. The van der Waals surface area contributed by atoms with Crippen LogP contribution in [0, 0.1) is 13.8 Å². The average molecular weight is 597 g/mol. The summed E-state index contributed by atoms with van der Waals surface area (Å²) in [5, 5.41) is 0. The summed E-state index contributed by atoms with van der Waals surface area (Å²) < 4.78 is 11.7. The molecule has 5 rings (SSSR count). The molecule has 234 valence electrons. The van der Waals surface area contributed by atoms with Gasteiger partial charge in [0.25, 0.3) is 0 Å². The number of H-pyrrole nitrogens is 2. The van der Waals surface area contributed by atoms with Gasteiger partial charge in [0.05, 0.1) is 35.0 Å². The van der Waals surface area contributed by atoms with E-state index in [9.17, 15) is 0 Å². The van der Waals surface area contributed by atoms with Crippen LogP contribution in [0.5, 0.6) is 0 Å². The normalized spacial score (nSPS) is 15.0. The Morgan fingerprint density at radius 3 is 1.45 bits per heavy atom. The summed E-state index contributed by atoms with van der Waals surface area (Å²) in [5.74, 6) is 0. The lowest BCUT2D eigenvalue weighted by molar-refractivity contribution is 0.120. The van der Waals surface area contributed by atoms with Gasteiger partial charge >= 0.3 is 0 Å². The topological polar surface area (TPSA) is 128 Å². The molecule has 0 aromatic carbocycles. The summed E-state index contributed by atoms with van der Waals surface area (Å²) in [6.07, 6.45) is 3.31. The van der Waals surface area contributed by atoms with E-state index in [2.05, 4.69) is 75.8 Å². The van der Waals surface area contributed by atoms with E-state index in [1.54, 1.807) is 14.2 Å². The van der Waals surface area contributed by atoms with Gasteiger partial charge in [-0.1, -0.05) is 0 Å². The molecule has 0 saturated carbocycles. The quantitative estimate of drug-likeness (QED) is 0.190. The van der Waals surface area contributed by atoms with E-state index in [4.69, 9.17) is 30.9 Å². The van der Waals surface area contributed by atoms with Crippen molar-refractivity contribution in [3.05, 3.63) is 69.3 Å². The summed E-state index contributed by atoms with van der Waals surface area (Å²) in [6, 6.07) is 8.70. The van der Waals surface area contributed by atoms with E-state index in [1.807, 2.05) is 0 Å². The van der Waals surface area contributed by atoms with Crippen molar-refractivity contribution in [1.82, 2.24) is 19.9 Å². The molecule has 8 bridgehead atoms. The molecular formula is C36H48N6O2. The maximum absolute atomic E-state index is 5.97. The minimum atomic E-state index is -0.105. The Bertz CT molecular complexity index is 1790. The van der Waals surface area contributed by atoms with Crippen LogP contribution in [0.4, 0.5) is 0 Å². The van der Waals surface area contributed by atoms with E-state index in [0.717, 1.165) is 92.8 Å². The van der Waals surface area contributed by atoms with Crippen LogP contribution < -0.4 is 11.5 Å². The Balaban J connectivity index is 1.96. The number of nitrogens with two attached hydrogens (primary N) is 2. The molecule has 8 nitrogen and oxygen atoms in total. The molecule has 2 unspecified atom stereocenters. The van der Waals surface area contributed by atoms with Crippen molar-refractivity contribution in [1.29, 1.82) is 0 Å². The molecule has 0 spiro atoms. The molecule has 0 radical (unpaired) electrons. The van der Waals surface area contributed by atoms with Crippen molar-refractivity contribution in [2.75, 3.05) is 27.3 Å². The highest BCUT2D eigenvalue weighted by molar-refractivity contribution is 5.95. The lowest BCUT2D eigenvalue weighted by atomic mass is 9.98. The predicted molar refractivity (Wildman–Crippen MR) is 183 cm³/mol. The maximum atomic E-state index is 5.97. The number of aryl methyl sites for hydroxylation is 2. The Morgan fingerprint density at radius 1 is 0.614 bits per heavy atom. The van der Waals surface area contributed by atoms with Crippen molar-refractivity contribution in [3.8, 4) is 0 Å². The van der Waals surface area contributed by atoms with Gasteiger partial charge in [0.1, 0.15) is 0 Å². The van der Waals surface area contributed by atoms with Gasteiger partial charge in [-0.25, -0.2) is 9.97 Å². The van der Waals surface area contributed by atoms with Crippen molar-refractivity contribution in [2.45, 2.75) is 79.4 Å². The second-order valence-corrected chi connectivity index (χ2v) is 12.1. The fourth-order valence-corrected chi connectivity index (χ4v) is 6.62.